The molecule has 0 aliphatic rings. The summed E-state index contributed by atoms with van der Waals surface area (Å²) in [6, 6.07) is 7.04. The van der Waals surface area contributed by atoms with Gasteiger partial charge in [-0.05, 0) is 26.0 Å². The first-order chi connectivity index (χ1) is 8.72. The van der Waals surface area contributed by atoms with E-state index in [0.717, 1.165) is 0 Å². The molecule has 5 nitrogen and oxygen atoms in total. The summed E-state index contributed by atoms with van der Waals surface area (Å²) in [5, 5.41) is 11.7. The Bertz CT molecular complexity index is 382. The van der Waals surface area contributed by atoms with Gasteiger partial charge in [0, 0.05) is 13.1 Å². The van der Waals surface area contributed by atoms with Crippen molar-refractivity contribution in [3.05, 3.63) is 24.3 Å². The van der Waals surface area contributed by atoms with Gasteiger partial charge < -0.3 is 20.1 Å². The first-order valence-electron chi connectivity index (χ1n) is 6.11. The number of urea groups is 1. The van der Waals surface area contributed by atoms with Crippen LogP contribution >= 0.6 is 0 Å². The number of anilines is 1. The molecule has 1 aromatic rings. The summed E-state index contributed by atoms with van der Waals surface area (Å²) in [5.41, 5.74) is 0.640. The highest BCUT2D eigenvalue weighted by Gasteiger charge is 2.12. The van der Waals surface area contributed by atoms with E-state index in [4.69, 9.17) is 9.84 Å². The molecule has 2 amide bonds. The van der Waals surface area contributed by atoms with Crippen LogP contribution in [0.15, 0.2) is 24.3 Å². The van der Waals surface area contributed by atoms with Crippen molar-refractivity contribution < 1.29 is 14.6 Å². The number of ether oxygens (including phenoxy) is 1. The van der Waals surface area contributed by atoms with Gasteiger partial charge in [-0.25, -0.2) is 4.79 Å². The Kier molecular flexibility index (Phi) is 6.00. The molecule has 0 radical (unpaired) electrons. The van der Waals surface area contributed by atoms with Crippen LogP contribution in [0.5, 0.6) is 5.75 Å². The van der Waals surface area contributed by atoms with Gasteiger partial charge in [-0.15, -0.1) is 0 Å². The van der Waals surface area contributed by atoms with Gasteiger partial charge in [-0.3, -0.25) is 0 Å². The summed E-state index contributed by atoms with van der Waals surface area (Å²) >= 11 is 0. The summed E-state index contributed by atoms with van der Waals surface area (Å²) < 4.78 is 5.43. The Morgan fingerprint density at radius 1 is 1.39 bits per heavy atom. The number of aliphatic hydroxyl groups excluding tert-OH is 1. The SMILES string of the molecule is CCOc1ccccc1NC(=O)N(CC)CCO. The quantitative estimate of drug-likeness (QED) is 0.813. The average molecular weight is 252 g/mol. The molecule has 1 aromatic carbocycles. The number of aliphatic hydroxyl groups is 1. The zero-order valence-electron chi connectivity index (χ0n) is 10.8. The number of para-hydroxylation sites is 2. The third kappa shape index (κ3) is 3.92. The highest BCUT2D eigenvalue weighted by Crippen LogP contribution is 2.23. The number of nitrogens with one attached hydrogen (secondary N) is 1. The number of carbonyl (C=O) groups is 1. The van der Waals surface area contributed by atoms with Gasteiger partial charge in [0.2, 0.25) is 0 Å². The number of hydrogen-bond donors (Lipinski definition) is 2. The van der Waals surface area contributed by atoms with Crippen LogP contribution in [0.4, 0.5) is 10.5 Å². The van der Waals surface area contributed by atoms with Crippen molar-refractivity contribution >= 4 is 11.7 Å². The van der Waals surface area contributed by atoms with E-state index in [0.29, 0.717) is 31.1 Å². The van der Waals surface area contributed by atoms with Crippen molar-refractivity contribution in [2.45, 2.75) is 13.8 Å². The molecule has 18 heavy (non-hydrogen) atoms. The van der Waals surface area contributed by atoms with E-state index in [1.807, 2.05) is 26.0 Å². The summed E-state index contributed by atoms with van der Waals surface area (Å²) in [6.45, 7) is 5.12. The third-order valence-electron chi connectivity index (χ3n) is 2.47. The van der Waals surface area contributed by atoms with Crippen LogP contribution in [-0.4, -0.2) is 42.3 Å². The number of hydrogen-bond acceptors (Lipinski definition) is 3. The molecule has 0 fully saturated rings. The maximum atomic E-state index is 11.9. The number of likely N-dealkylation sites (N-methyl/N-ethyl adjacent to an activating group) is 1. The summed E-state index contributed by atoms with van der Waals surface area (Å²) in [5.74, 6) is 0.647. The molecule has 0 aromatic heterocycles. The van der Waals surface area contributed by atoms with Crippen LogP contribution in [-0.2, 0) is 0 Å². The minimum atomic E-state index is -0.237. The molecule has 0 saturated heterocycles. The number of benzene rings is 1. The second-order valence-corrected chi connectivity index (χ2v) is 3.66. The molecular formula is C13H20N2O3. The highest BCUT2D eigenvalue weighted by atomic mass is 16.5. The molecule has 0 aliphatic heterocycles. The number of nitrogens with zero attached hydrogens (tertiary/aromatic N) is 1. The molecule has 0 spiro atoms. The largest absolute Gasteiger partial charge is 0.492 e. The first-order valence-corrected chi connectivity index (χ1v) is 6.11. The fraction of sp³-hybridized carbons (Fsp3) is 0.462. The standard InChI is InChI=1S/C13H20N2O3/c1-3-15(9-10-16)13(17)14-11-7-5-6-8-12(11)18-4-2/h5-8,16H,3-4,9-10H2,1-2H3,(H,14,17). The van der Waals surface area contributed by atoms with Crippen molar-refractivity contribution in [2.75, 3.05) is 31.6 Å². The van der Waals surface area contributed by atoms with Crippen LogP contribution in [0, 0.1) is 0 Å². The second-order valence-electron chi connectivity index (χ2n) is 3.66. The molecule has 0 saturated carbocycles. The Balaban J connectivity index is 2.74. The van der Waals surface area contributed by atoms with Gasteiger partial charge in [0.15, 0.2) is 0 Å². The van der Waals surface area contributed by atoms with Gasteiger partial charge in [-0.2, -0.15) is 0 Å². The van der Waals surface area contributed by atoms with E-state index in [2.05, 4.69) is 5.32 Å². The normalized spacial score (nSPS) is 9.94. The van der Waals surface area contributed by atoms with E-state index >= 15 is 0 Å². The number of amides is 2. The molecule has 0 aliphatic carbocycles. The van der Waals surface area contributed by atoms with Gasteiger partial charge in [0.25, 0.3) is 0 Å². The molecular weight excluding hydrogens is 232 g/mol. The van der Waals surface area contributed by atoms with Crippen LogP contribution in [0.3, 0.4) is 0 Å². The highest BCUT2D eigenvalue weighted by molar-refractivity contribution is 5.90. The molecule has 0 bridgehead atoms. The Hall–Kier alpha value is -1.75. The van der Waals surface area contributed by atoms with Crippen molar-refractivity contribution in [3.8, 4) is 5.75 Å². The molecule has 5 heteroatoms. The zero-order valence-corrected chi connectivity index (χ0v) is 10.8. The maximum Gasteiger partial charge on any atom is 0.322 e. The van der Waals surface area contributed by atoms with Crippen LogP contribution in [0.25, 0.3) is 0 Å². The third-order valence-corrected chi connectivity index (χ3v) is 2.47. The molecule has 0 heterocycles. The first kappa shape index (κ1) is 14.3. The van der Waals surface area contributed by atoms with Gasteiger partial charge >= 0.3 is 6.03 Å². The van der Waals surface area contributed by atoms with Crippen molar-refractivity contribution in [1.82, 2.24) is 4.90 Å². The number of carbonyl (C=O) groups excluding carboxylic acids is 1. The summed E-state index contributed by atoms with van der Waals surface area (Å²) in [7, 11) is 0. The zero-order chi connectivity index (χ0) is 13.4. The van der Waals surface area contributed by atoms with Crippen LogP contribution < -0.4 is 10.1 Å². The van der Waals surface area contributed by atoms with Crippen LogP contribution in [0.1, 0.15) is 13.8 Å². The fourth-order valence-electron chi connectivity index (χ4n) is 1.57. The predicted molar refractivity (Wildman–Crippen MR) is 71.0 cm³/mol. The summed E-state index contributed by atoms with van der Waals surface area (Å²) in [6.07, 6.45) is 0. The van der Waals surface area contributed by atoms with E-state index in [1.165, 1.54) is 4.90 Å². The minimum absolute atomic E-state index is 0.0473. The van der Waals surface area contributed by atoms with Gasteiger partial charge in [0.05, 0.1) is 18.9 Å². The monoisotopic (exact) mass is 252 g/mol. The molecule has 0 unspecified atom stereocenters. The van der Waals surface area contributed by atoms with E-state index in [-0.39, 0.29) is 12.6 Å². The Morgan fingerprint density at radius 3 is 2.72 bits per heavy atom. The second kappa shape index (κ2) is 7.55. The minimum Gasteiger partial charge on any atom is -0.492 e. The van der Waals surface area contributed by atoms with E-state index in [1.54, 1.807) is 12.1 Å². The lowest BCUT2D eigenvalue weighted by Gasteiger charge is -2.21. The van der Waals surface area contributed by atoms with Crippen LogP contribution in [0.2, 0.25) is 0 Å². The van der Waals surface area contributed by atoms with E-state index < -0.39 is 0 Å². The lowest BCUT2D eigenvalue weighted by molar-refractivity contribution is 0.192. The van der Waals surface area contributed by atoms with Crippen molar-refractivity contribution in [1.29, 1.82) is 0 Å². The number of rotatable bonds is 6. The average Bonchev–Trinajstić information content (AvgIpc) is 2.38. The lowest BCUT2D eigenvalue weighted by Crippen LogP contribution is -2.36. The van der Waals surface area contributed by atoms with Crippen molar-refractivity contribution in [2.24, 2.45) is 0 Å². The van der Waals surface area contributed by atoms with E-state index in [9.17, 15) is 4.79 Å². The topological polar surface area (TPSA) is 61.8 Å². The Labute approximate surface area is 107 Å². The fourth-order valence-corrected chi connectivity index (χ4v) is 1.57. The predicted octanol–water partition coefficient (Wildman–Crippen LogP) is 1.93. The van der Waals surface area contributed by atoms with Gasteiger partial charge in [0.1, 0.15) is 5.75 Å². The Morgan fingerprint density at radius 2 is 2.11 bits per heavy atom. The molecule has 0 atom stereocenters. The summed E-state index contributed by atoms with van der Waals surface area (Å²) in [4.78, 5) is 13.5. The maximum absolute atomic E-state index is 11.9. The molecule has 1 rings (SSSR count). The molecule has 2 N–H and O–H groups in total. The molecule has 100 valence electrons. The van der Waals surface area contributed by atoms with Gasteiger partial charge in [-0.1, -0.05) is 12.1 Å². The van der Waals surface area contributed by atoms with Crippen molar-refractivity contribution in [3.63, 3.8) is 0 Å². The smallest absolute Gasteiger partial charge is 0.322 e. The lowest BCUT2D eigenvalue weighted by atomic mass is 10.3.